The van der Waals surface area contributed by atoms with E-state index in [0.29, 0.717) is 41.7 Å². The van der Waals surface area contributed by atoms with Gasteiger partial charge in [0.15, 0.2) is 0 Å². The molecule has 1 aliphatic rings. The lowest BCUT2D eigenvalue weighted by Gasteiger charge is -2.28. The SMILES string of the molecule is CC(C)(C)Nc1nc(Nc2cc(C(C)(C)O)ncn2)cc2ccn(C3COC3)c(=O)c12. The molecule has 31 heavy (non-hydrogen) atoms. The van der Waals surface area contributed by atoms with Gasteiger partial charge in [0.05, 0.1) is 30.3 Å². The molecule has 3 aromatic rings. The van der Waals surface area contributed by atoms with Crippen LogP contribution in [0.2, 0.25) is 0 Å². The van der Waals surface area contributed by atoms with Crippen molar-refractivity contribution in [2.75, 3.05) is 23.8 Å². The van der Waals surface area contributed by atoms with Crippen LogP contribution in [-0.2, 0) is 10.3 Å². The maximum atomic E-state index is 13.3. The Morgan fingerprint density at radius 3 is 2.48 bits per heavy atom. The van der Waals surface area contributed by atoms with Crippen LogP contribution in [0.3, 0.4) is 0 Å². The van der Waals surface area contributed by atoms with Gasteiger partial charge in [0.2, 0.25) is 0 Å². The number of nitrogens with one attached hydrogen (secondary N) is 2. The van der Waals surface area contributed by atoms with Gasteiger partial charge in [0.25, 0.3) is 5.56 Å². The van der Waals surface area contributed by atoms with Crippen molar-refractivity contribution in [1.29, 1.82) is 0 Å². The Labute approximate surface area is 180 Å². The third-order valence-electron chi connectivity index (χ3n) is 4.97. The lowest BCUT2D eigenvalue weighted by molar-refractivity contribution is -0.0246. The number of anilines is 3. The zero-order chi connectivity index (χ0) is 22.4. The summed E-state index contributed by atoms with van der Waals surface area (Å²) in [6.45, 7) is 10.5. The molecule has 0 unspecified atom stereocenters. The molecule has 0 bridgehead atoms. The summed E-state index contributed by atoms with van der Waals surface area (Å²) in [6, 6.07) is 5.46. The highest BCUT2D eigenvalue weighted by Crippen LogP contribution is 2.28. The molecule has 0 radical (unpaired) electrons. The number of ether oxygens (including phenoxy) is 1. The van der Waals surface area contributed by atoms with Crippen LogP contribution in [0.15, 0.2) is 35.5 Å². The van der Waals surface area contributed by atoms with Crippen LogP contribution < -0.4 is 16.2 Å². The molecule has 4 heterocycles. The number of nitrogens with zero attached hydrogens (tertiary/aromatic N) is 4. The van der Waals surface area contributed by atoms with Crippen molar-refractivity contribution in [3.63, 3.8) is 0 Å². The fraction of sp³-hybridized carbons (Fsp3) is 0.455. The van der Waals surface area contributed by atoms with Crippen molar-refractivity contribution in [2.24, 2.45) is 0 Å². The van der Waals surface area contributed by atoms with Gasteiger partial charge in [-0.15, -0.1) is 0 Å². The monoisotopic (exact) mass is 424 g/mol. The topological polar surface area (TPSA) is 114 Å². The standard InChI is InChI=1S/C22H28N6O3/c1-21(2,3)27-19-18-13(6-7-28(20(18)29)14-10-31-11-14)8-17(26-19)25-16-9-15(22(4,5)30)23-12-24-16/h6-9,12,14,30H,10-11H2,1-5H3,(H2,23,24,25,26,27). The van der Waals surface area contributed by atoms with E-state index in [4.69, 9.17) is 4.74 Å². The summed E-state index contributed by atoms with van der Waals surface area (Å²) in [5.74, 6) is 1.54. The van der Waals surface area contributed by atoms with Crippen LogP contribution in [0.5, 0.6) is 0 Å². The summed E-state index contributed by atoms with van der Waals surface area (Å²) in [7, 11) is 0. The highest BCUT2D eigenvalue weighted by Gasteiger charge is 2.24. The quantitative estimate of drug-likeness (QED) is 0.573. The van der Waals surface area contributed by atoms with Crippen molar-refractivity contribution < 1.29 is 9.84 Å². The number of rotatable bonds is 5. The van der Waals surface area contributed by atoms with Gasteiger partial charge in [0.1, 0.15) is 29.4 Å². The Hall–Kier alpha value is -3.04. The molecule has 164 valence electrons. The number of aliphatic hydroxyl groups is 1. The summed E-state index contributed by atoms with van der Waals surface area (Å²) in [5.41, 5.74) is -0.993. The molecule has 0 spiro atoms. The largest absolute Gasteiger partial charge is 0.384 e. The van der Waals surface area contributed by atoms with E-state index in [1.165, 1.54) is 6.33 Å². The number of aromatic nitrogens is 4. The first-order valence-electron chi connectivity index (χ1n) is 10.2. The minimum atomic E-state index is -1.09. The second kappa shape index (κ2) is 7.58. The van der Waals surface area contributed by atoms with Crippen molar-refractivity contribution in [3.05, 3.63) is 46.8 Å². The predicted molar refractivity (Wildman–Crippen MR) is 120 cm³/mol. The maximum Gasteiger partial charge on any atom is 0.262 e. The molecule has 3 N–H and O–H groups in total. The van der Waals surface area contributed by atoms with E-state index in [1.807, 2.05) is 32.9 Å². The Balaban J connectivity index is 1.79. The molecule has 0 amide bonds. The van der Waals surface area contributed by atoms with E-state index < -0.39 is 5.60 Å². The fourth-order valence-corrected chi connectivity index (χ4v) is 3.35. The Kier molecular flexibility index (Phi) is 5.18. The fourth-order valence-electron chi connectivity index (χ4n) is 3.35. The average Bonchev–Trinajstić information content (AvgIpc) is 2.60. The van der Waals surface area contributed by atoms with Crippen LogP contribution in [0, 0.1) is 0 Å². The smallest absolute Gasteiger partial charge is 0.262 e. The highest BCUT2D eigenvalue weighted by molar-refractivity contribution is 5.93. The number of hydrogen-bond donors (Lipinski definition) is 3. The van der Waals surface area contributed by atoms with Crippen LogP contribution in [-0.4, -0.2) is 43.4 Å². The first-order valence-corrected chi connectivity index (χ1v) is 10.2. The summed E-state index contributed by atoms with van der Waals surface area (Å²) in [6.07, 6.45) is 3.20. The zero-order valence-corrected chi connectivity index (χ0v) is 18.4. The molecule has 0 aliphatic carbocycles. The summed E-state index contributed by atoms with van der Waals surface area (Å²) < 4.78 is 6.97. The molecule has 0 saturated carbocycles. The van der Waals surface area contributed by atoms with Gasteiger partial charge in [0, 0.05) is 17.8 Å². The number of hydrogen-bond acceptors (Lipinski definition) is 8. The molecule has 3 aromatic heterocycles. The number of fused-ring (bicyclic) bond motifs is 1. The molecular formula is C22H28N6O3. The minimum absolute atomic E-state index is 0.0541. The van der Waals surface area contributed by atoms with Gasteiger partial charge in [-0.2, -0.15) is 0 Å². The third kappa shape index (κ3) is 4.52. The van der Waals surface area contributed by atoms with Crippen LogP contribution in [0.4, 0.5) is 17.5 Å². The second-order valence-corrected chi connectivity index (χ2v) is 9.39. The molecular weight excluding hydrogens is 396 g/mol. The molecule has 0 aromatic carbocycles. The summed E-state index contributed by atoms with van der Waals surface area (Å²) in [4.78, 5) is 26.3. The Morgan fingerprint density at radius 1 is 1.13 bits per heavy atom. The van der Waals surface area contributed by atoms with Crippen molar-refractivity contribution in [1.82, 2.24) is 19.5 Å². The van der Waals surface area contributed by atoms with Gasteiger partial charge in [-0.25, -0.2) is 15.0 Å². The van der Waals surface area contributed by atoms with Crippen LogP contribution >= 0.6 is 0 Å². The first kappa shape index (κ1) is 21.2. The first-order chi connectivity index (χ1) is 14.5. The molecule has 9 nitrogen and oxygen atoms in total. The van der Waals surface area contributed by atoms with E-state index in [1.54, 1.807) is 30.7 Å². The maximum absolute atomic E-state index is 13.3. The molecule has 4 rings (SSSR count). The molecule has 0 atom stereocenters. The van der Waals surface area contributed by atoms with E-state index in [9.17, 15) is 9.90 Å². The normalized spacial score (nSPS) is 15.0. The van der Waals surface area contributed by atoms with Gasteiger partial charge in [-0.3, -0.25) is 4.79 Å². The van der Waals surface area contributed by atoms with Gasteiger partial charge < -0.3 is 25.0 Å². The molecule has 9 heteroatoms. The highest BCUT2D eigenvalue weighted by atomic mass is 16.5. The van der Waals surface area contributed by atoms with Gasteiger partial charge in [-0.1, -0.05) is 0 Å². The lowest BCUT2D eigenvalue weighted by atomic mass is 10.1. The minimum Gasteiger partial charge on any atom is -0.384 e. The number of pyridine rings is 2. The van der Waals surface area contributed by atoms with Gasteiger partial charge in [-0.05, 0) is 52.1 Å². The van der Waals surface area contributed by atoms with E-state index in [2.05, 4.69) is 25.6 Å². The van der Waals surface area contributed by atoms with E-state index in [-0.39, 0.29) is 17.1 Å². The van der Waals surface area contributed by atoms with Crippen molar-refractivity contribution in [2.45, 2.75) is 51.8 Å². The zero-order valence-electron chi connectivity index (χ0n) is 18.4. The van der Waals surface area contributed by atoms with Crippen LogP contribution in [0.25, 0.3) is 10.8 Å². The summed E-state index contributed by atoms with van der Waals surface area (Å²) >= 11 is 0. The lowest BCUT2D eigenvalue weighted by Crippen LogP contribution is -2.37. The average molecular weight is 425 g/mol. The second-order valence-electron chi connectivity index (χ2n) is 9.39. The predicted octanol–water partition coefficient (Wildman–Crippen LogP) is 2.94. The molecule has 1 aliphatic heterocycles. The van der Waals surface area contributed by atoms with Crippen molar-refractivity contribution >= 4 is 28.2 Å². The van der Waals surface area contributed by atoms with E-state index >= 15 is 0 Å². The molecule has 1 saturated heterocycles. The Bertz CT molecular complexity index is 1170. The third-order valence-corrected chi connectivity index (χ3v) is 4.97. The molecule has 1 fully saturated rings. The van der Waals surface area contributed by atoms with Crippen LogP contribution in [0.1, 0.15) is 46.4 Å². The van der Waals surface area contributed by atoms with Crippen molar-refractivity contribution in [3.8, 4) is 0 Å². The summed E-state index contributed by atoms with van der Waals surface area (Å²) in [5, 5.41) is 18.1. The van der Waals surface area contributed by atoms with Gasteiger partial charge >= 0.3 is 0 Å². The van der Waals surface area contributed by atoms with E-state index in [0.717, 1.165) is 5.39 Å². The Morgan fingerprint density at radius 2 is 1.87 bits per heavy atom.